The fourth-order valence-corrected chi connectivity index (χ4v) is 5.38. The van der Waals surface area contributed by atoms with Crippen LogP contribution >= 0.6 is 0 Å². The Kier molecular flexibility index (Phi) is 7.72. The first-order valence-electron chi connectivity index (χ1n) is 15.0. The van der Waals surface area contributed by atoms with Crippen molar-refractivity contribution in [3.63, 3.8) is 0 Å². The van der Waals surface area contributed by atoms with Crippen molar-refractivity contribution in [3.05, 3.63) is 108 Å². The predicted molar refractivity (Wildman–Crippen MR) is 164 cm³/mol. The van der Waals surface area contributed by atoms with Crippen LogP contribution < -0.4 is 5.19 Å². The summed E-state index contributed by atoms with van der Waals surface area (Å²) in [6.45, 7) is 7.86. The third-order valence-electron chi connectivity index (χ3n) is 6.58. The number of hydrogen-bond donors (Lipinski definition) is 0. The zero-order chi connectivity index (χ0) is 31.9. The standard InChI is InChI=1S/C20H16FN2O.C14H16NSi.Ir/c1-11(2)16-9-17(22-10-12(16)3)15-6-4-5-13-14-7-8-18(21)23-20(14)24-19(13)15;1-16(2,3)13-9-10-14(15-11-13)12-7-5-4-6-8-12;/h4-5,7-11H,1-3H3;4-7,9-11H,1-3H3;/q2*-1;/i3D3,11D;;. The summed E-state index contributed by atoms with van der Waals surface area (Å²) in [7, 11) is -1.23. The zero-order valence-electron chi connectivity index (χ0n) is 27.5. The number of halogens is 1. The molecule has 0 fully saturated rings. The number of benzene rings is 2. The first-order chi connectivity index (χ1) is 20.6. The smallest absolute Gasteiger partial charge is 0.218 e. The minimum Gasteiger partial charge on any atom is -0.486 e. The maximum Gasteiger partial charge on any atom is 0.218 e. The van der Waals surface area contributed by atoms with Gasteiger partial charge in [-0.25, -0.2) is 0 Å². The molecular formula is C34H32FIrN3OSi-2. The second kappa shape index (κ2) is 12.6. The third kappa shape index (κ3) is 6.70. The molecule has 0 atom stereocenters. The molecule has 0 spiro atoms. The summed E-state index contributed by atoms with van der Waals surface area (Å²) in [6.07, 6.45) is 3.30. The van der Waals surface area contributed by atoms with Gasteiger partial charge in [-0.05, 0) is 52.6 Å². The second-order valence-corrected chi connectivity index (χ2v) is 15.8. The van der Waals surface area contributed by atoms with Crippen LogP contribution in [0.3, 0.4) is 0 Å². The Bertz CT molecular complexity index is 1930. The molecule has 0 bridgehead atoms. The molecule has 0 saturated carbocycles. The second-order valence-electron chi connectivity index (χ2n) is 10.8. The van der Waals surface area contributed by atoms with Crippen molar-refractivity contribution in [2.24, 2.45) is 0 Å². The normalized spacial score (nSPS) is 13.3. The molecular weight excluding hydrogens is 706 g/mol. The van der Waals surface area contributed by atoms with Crippen molar-refractivity contribution in [1.29, 1.82) is 0 Å². The molecule has 2 aromatic carbocycles. The number of aromatic nitrogens is 3. The van der Waals surface area contributed by atoms with E-state index < -0.39 is 26.8 Å². The fourth-order valence-electron chi connectivity index (χ4n) is 4.35. The van der Waals surface area contributed by atoms with Crippen LogP contribution in [0.15, 0.2) is 83.5 Å². The Labute approximate surface area is 261 Å². The Morgan fingerprint density at radius 2 is 1.73 bits per heavy atom. The molecule has 0 aliphatic carbocycles. The van der Waals surface area contributed by atoms with Crippen molar-refractivity contribution in [1.82, 2.24) is 15.0 Å². The molecule has 6 rings (SSSR count). The first kappa shape index (κ1) is 25.2. The van der Waals surface area contributed by atoms with Crippen LogP contribution in [-0.4, -0.2) is 23.0 Å². The van der Waals surface area contributed by atoms with Gasteiger partial charge >= 0.3 is 0 Å². The summed E-state index contributed by atoms with van der Waals surface area (Å²) < 4.78 is 50.8. The zero-order valence-corrected chi connectivity index (χ0v) is 26.9. The van der Waals surface area contributed by atoms with Crippen molar-refractivity contribution in [2.75, 3.05) is 0 Å². The van der Waals surface area contributed by atoms with E-state index in [-0.39, 0.29) is 31.4 Å². The molecule has 41 heavy (non-hydrogen) atoms. The summed E-state index contributed by atoms with van der Waals surface area (Å²) in [5.74, 6) is -1.79. The van der Waals surface area contributed by atoms with Gasteiger partial charge in [0.25, 0.3) is 0 Å². The van der Waals surface area contributed by atoms with Crippen LogP contribution in [0.1, 0.15) is 36.4 Å². The fraction of sp³-hybridized carbons (Fsp3) is 0.206. The van der Waals surface area contributed by atoms with E-state index in [1.807, 2.05) is 30.5 Å². The van der Waals surface area contributed by atoms with Crippen LogP contribution in [0, 0.1) is 24.9 Å². The molecule has 6 aromatic rings. The number of aryl methyl sites for hydroxylation is 1. The molecule has 0 unspecified atom stereocenters. The van der Waals surface area contributed by atoms with Gasteiger partial charge in [-0.2, -0.15) is 9.37 Å². The van der Waals surface area contributed by atoms with Gasteiger partial charge in [0.1, 0.15) is 0 Å². The van der Waals surface area contributed by atoms with E-state index >= 15 is 0 Å². The van der Waals surface area contributed by atoms with E-state index in [9.17, 15) is 4.39 Å². The van der Waals surface area contributed by atoms with Crippen LogP contribution in [0.4, 0.5) is 4.39 Å². The maximum atomic E-state index is 13.5. The monoisotopic (exact) mass is 742 g/mol. The Morgan fingerprint density at radius 1 is 0.927 bits per heavy atom. The van der Waals surface area contributed by atoms with E-state index in [4.69, 9.17) is 9.90 Å². The minimum atomic E-state index is -2.38. The van der Waals surface area contributed by atoms with E-state index in [1.54, 1.807) is 38.1 Å². The van der Waals surface area contributed by atoms with Crippen molar-refractivity contribution < 1.29 is 34.4 Å². The van der Waals surface area contributed by atoms with Gasteiger partial charge in [-0.3, -0.25) is 0 Å². The number of pyridine rings is 3. The van der Waals surface area contributed by atoms with E-state index in [2.05, 4.69) is 58.9 Å². The number of nitrogens with zero attached hydrogens (tertiary/aromatic N) is 3. The molecule has 1 radical (unpaired) electrons. The van der Waals surface area contributed by atoms with Crippen molar-refractivity contribution >= 4 is 35.3 Å². The summed E-state index contributed by atoms with van der Waals surface area (Å²) in [4.78, 5) is 12.6. The minimum absolute atomic E-state index is 0. The molecule has 0 saturated heterocycles. The molecule has 0 aliphatic rings. The number of fused-ring (bicyclic) bond motifs is 3. The van der Waals surface area contributed by atoms with Crippen molar-refractivity contribution in [2.45, 2.75) is 46.2 Å². The van der Waals surface area contributed by atoms with Gasteiger partial charge in [-0.15, -0.1) is 54.1 Å². The molecule has 0 amide bonds. The van der Waals surface area contributed by atoms with Crippen LogP contribution in [0.25, 0.3) is 44.6 Å². The predicted octanol–water partition coefficient (Wildman–Crippen LogP) is 8.51. The Morgan fingerprint density at radius 3 is 2.39 bits per heavy atom. The average Bonchev–Trinajstić information content (AvgIpc) is 3.34. The van der Waals surface area contributed by atoms with Gasteiger partial charge in [-0.1, -0.05) is 62.6 Å². The molecule has 0 aliphatic heterocycles. The van der Waals surface area contributed by atoms with Crippen LogP contribution in [-0.2, 0) is 20.1 Å². The van der Waals surface area contributed by atoms with Gasteiger partial charge in [0.05, 0.1) is 13.7 Å². The third-order valence-corrected chi connectivity index (χ3v) is 8.61. The van der Waals surface area contributed by atoms with E-state index in [1.165, 1.54) is 17.4 Å². The average molecular weight is 742 g/mol. The maximum absolute atomic E-state index is 13.5. The number of furan rings is 1. The van der Waals surface area contributed by atoms with Gasteiger partial charge in [0.2, 0.25) is 11.7 Å². The quantitative estimate of drug-likeness (QED) is 0.103. The molecule has 7 heteroatoms. The van der Waals surface area contributed by atoms with Gasteiger partial charge < -0.3 is 14.4 Å². The molecule has 4 nitrogen and oxygen atoms in total. The van der Waals surface area contributed by atoms with E-state index in [0.717, 1.165) is 16.6 Å². The van der Waals surface area contributed by atoms with E-state index in [0.29, 0.717) is 27.8 Å². The first-order valence-corrected chi connectivity index (χ1v) is 16.5. The summed E-state index contributed by atoms with van der Waals surface area (Å²) in [6, 6.07) is 26.4. The van der Waals surface area contributed by atoms with Gasteiger partial charge in [0.15, 0.2) is 0 Å². The van der Waals surface area contributed by atoms with Crippen molar-refractivity contribution in [3.8, 4) is 22.5 Å². The van der Waals surface area contributed by atoms with Crippen LogP contribution in [0.5, 0.6) is 0 Å². The molecule has 0 N–H and O–H groups in total. The molecule has 211 valence electrons. The van der Waals surface area contributed by atoms with Crippen LogP contribution in [0.2, 0.25) is 19.6 Å². The van der Waals surface area contributed by atoms with Gasteiger partial charge in [0, 0.05) is 43.4 Å². The number of hydrogen-bond acceptors (Lipinski definition) is 4. The Hall–Kier alpha value is -3.51. The SMILES string of the molecule is C[Si](C)(C)c1ccc(-c2[c-]cccc2)nc1.[2H]C([2H])([2H])c1cnc(-c2[c-]ccc3c2oc2nc(F)ccc23)cc1C([2H])(C)C.[Ir]. The summed E-state index contributed by atoms with van der Waals surface area (Å²) in [5.41, 5.74) is 3.97. The number of rotatable bonds is 4. The largest absolute Gasteiger partial charge is 0.486 e. The Balaban J connectivity index is 0.000000231. The summed E-state index contributed by atoms with van der Waals surface area (Å²) >= 11 is 0. The molecule has 4 aromatic heterocycles. The summed E-state index contributed by atoms with van der Waals surface area (Å²) in [5, 5.41) is 2.78. The molecule has 4 heterocycles. The topological polar surface area (TPSA) is 51.8 Å².